The summed E-state index contributed by atoms with van der Waals surface area (Å²) in [6.45, 7) is 4.75. The largest absolute Gasteiger partial charge is 0.481 e. The fourth-order valence-electron chi connectivity index (χ4n) is 6.88. The predicted molar refractivity (Wildman–Crippen MR) is 296 cm³/mol. The van der Waals surface area contributed by atoms with Crippen molar-refractivity contribution in [2.24, 2.45) is 0 Å². The second-order valence-corrected chi connectivity index (χ2v) is 18.3. The highest BCUT2D eigenvalue weighted by Gasteiger charge is 2.16. The Hall–Kier alpha value is -6.97. The number of nitrogens with one attached hydrogen (secondary N) is 6. The Morgan fingerprint density at radius 1 is 0.321 bits per heavy atom. The third-order valence-electron chi connectivity index (χ3n) is 11.3. The molecule has 0 atom stereocenters. The number of ether oxygens (including phenoxy) is 7. The molecule has 1 rings (SSSR count). The molecule has 84 heavy (non-hydrogen) atoms. The maximum Gasteiger partial charge on any atom is 0.320 e. The van der Waals surface area contributed by atoms with Crippen LogP contribution in [0.2, 0.25) is 0 Å². The zero-order valence-electron chi connectivity index (χ0n) is 47.8. The molecule has 6 amide bonds. The van der Waals surface area contributed by atoms with E-state index in [4.69, 9.17) is 53.6 Å². The smallest absolute Gasteiger partial charge is 0.320 e. The molecule has 0 radical (unpaired) electrons. The highest BCUT2D eigenvalue weighted by Crippen LogP contribution is 2.03. The van der Waals surface area contributed by atoms with Crippen LogP contribution in [0.4, 0.5) is 0 Å². The van der Waals surface area contributed by atoms with Crippen molar-refractivity contribution < 1.29 is 106 Å². The summed E-state index contributed by atoms with van der Waals surface area (Å²) in [4.78, 5) is 134. The normalized spacial score (nSPS) is 11.0. The first-order valence-electron chi connectivity index (χ1n) is 27.7. The van der Waals surface area contributed by atoms with Gasteiger partial charge in [-0.05, 0) is 5.56 Å². The molecule has 31 nitrogen and oxygen atoms in total. The molecule has 476 valence electrons. The van der Waals surface area contributed by atoms with Crippen molar-refractivity contribution in [3.8, 4) is 0 Å². The number of hydrogen-bond acceptors (Lipinski definition) is 21. The monoisotopic (exact) mass is 1200 g/mol. The van der Waals surface area contributed by atoms with Gasteiger partial charge in [0, 0.05) is 104 Å². The van der Waals surface area contributed by atoms with Crippen LogP contribution >= 0.6 is 0 Å². The maximum atomic E-state index is 13.0. The van der Waals surface area contributed by atoms with Gasteiger partial charge in [-0.25, -0.2) is 0 Å². The van der Waals surface area contributed by atoms with Gasteiger partial charge < -0.3 is 85.5 Å². The lowest BCUT2D eigenvalue weighted by molar-refractivity contribution is -0.147. The van der Waals surface area contributed by atoms with E-state index in [1.165, 1.54) is 0 Å². The van der Waals surface area contributed by atoms with E-state index in [1.54, 1.807) is 14.7 Å². The molecular weight excluding hydrogens is 1110 g/mol. The summed E-state index contributed by atoms with van der Waals surface area (Å²) in [5, 5.41) is 50.9. The number of esters is 1. The van der Waals surface area contributed by atoms with Crippen molar-refractivity contribution >= 4 is 65.3 Å². The Labute approximate surface area is 488 Å². The molecule has 0 unspecified atom stereocenters. The Morgan fingerprint density at radius 2 is 0.571 bits per heavy atom. The number of rotatable bonds is 56. The summed E-state index contributed by atoms with van der Waals surface area (Å²) >= 11 is 0. The van der Waals surface area contributed by atoms with Gasteiger partial charge in [-0.15, -0.1) is 0 Å². The molecule has 0 saturated carbocycles. The van der Waals surface area contributed by atoms with Crippen molar-refractivity contribution in [3.05, 3.63) is 35.9 Å². The lowest BCUT2D eigenvalue weighted by Crippen LogP contribution is -2.42. The minimum atomic E-state index is -1.08. The molecule has 0 saturated heterocycles. The van der Waals surface area contributed by atoms with Crippen LogP contribution in [-0.4, -0.2) is 278 Å². The average molecular weight is 1200 g/mol. The fraction of sp³-hybridized carbons (Fsp3) is 0.679. The molecule has 31 heteroatoms. The number of aliphatic carboxylic acids is 4. The summed E-state index contributed by atoms with van der Waals surface area (Å²) in [6.07, 6.45) is -1.79. The second-order valence-electron chi connectivity index (χ2n) is 18.3. The Morgan fingerprint density at radius 3 is 0.833 bits per heavy atom. The molecule has 0 aliphatic rings. The van der Waals surface area contributed by atoms with Gasteiger partial charge in [0.25, 0.3) is 0 Å². The molecule has 0 aliphatic carbocycles. The van der Waals surface area contributed by atoms with E-state index in [0.717, 1.165) is 5.56 Å². The lowest BCUT2D eigenvalue weighted by Gasteiger charge is -2.22. The number of amides is 6. The van der Waals surface area contributed by atoms with Gasteiger partial charge in [-0.2, -0.15) is 0 Å². The average Bonchev–Trinajstić information content (AvgIpc) is 3.48. The first-order valence-corrected chi connectivity index (χ1v) is 27.7. The number of benzene rings is 1. The SMILES string of the molecule is O=C(O)CCC(=O)NCCOCCN(CCOCCNC(=O)CCC(=O)O)CC(=O)NCCOCCN(CCOCCNC(=O)CN(CCOCCNC(=O)CCC(=O)O)CCOCCNC(=O)CCC(=O)O)CC(=O)OCc1ccccc1. The van der Waals surface area contributed by atoms with Crippen LogP contribution in [-0.2, 0) is 92.5 Å². The van der Waals surface area contributed by atoms with Crippen LogP contribution < -0.4 is 31.9 Å². The molecule has 0 spiro atoms. The highest BCUT2D eigenvalue weighted by atomic mass is 16.5. The number of nitrogens with zero attached hydrogens (tertiary/aromatic N) is 3. The van der Waals surface area contributed by atoms with Gasteiger partial charge in [0.05, 0.1) is 125 Å². The molecule has 0 fully saturated rings. The van der Waals surface area contributed by atoms with Crippen molar-refractivity contribution in [1.29, 1.82) is 0 Å². The van der Waals surface area contributed by atoms with Crippen LogP contribution in [0.5, 0.6) is 0 Å². The molecule has 0 heterocycles. The molecule has 0 aliphatic heterocycles. The summed E-state index contributed by atoms with van der Waals surface area (Å²) < 4.78 is 39.5. The van der Waals surface area contributed by atoms with E-state index in [2.05, 4.69) is 31.9 Å². The summed E-state index contributed by atoms with van der Waals surface area (Å²) in [7, 11) is 0. The van der Waals surface area contributed by atoms with Crippen LogP contribution in [0, 0.1) is 0 Å². The molecule has 1 aromatic carbocycles. The van der Waals surface area contributed by atoms with Crippen molar-refractivity contribution in [2.45, 2.75) is 58.0 Å². The van der Waals surface area contributed by atoms with Crippen molar-refractivity contribution in [2.75, 3.05) is 177 Å². The molecular formula is C53H87N9O22. The number of carbonyl (C=O) groups excluding carboxylic acids is 7. The summed E-state index contributed by atoms with van der Waals surface area (Å²) in [6, 6.07) is 9.18. The van der Waals surface area contributed by atoms with Crippen LogP contribution in [0.25, 0.3) is 0 Å². The summed E-state index contributed by atoms with van der Waals surface area (Å²) in [5.74, 6) is -7.12. The number of carbonyl (C=O) groups is 11. The third-order valence-corrected chi connectivity index (χ3v) is 11.3. The van der Waals surface area contributed by atoms with Gasteiger partial charge in [0.2, 0.25) is 35.4 Å². The van der Waals surface area contributed by atoms with E-state index < -0.39 is 53.5 Å². The van der Waals surface area contributed by atoms with Crippen molar-refractivity contribution in [3.63, 3.8) is 0 Å². The quantitative estimate of drug-likeness (QED) is 0.0228. The molecule has 0 bridgehead atoms. The van der Waals surface area contributed by atoms with Crippen molar-refractivity contribution in [1.82, 2.24) is 46.6 Å². The van der Waals surface area contributed by atoms with Crippen LogP contribution in [0.1, 0.15) is 56.9 Å². The number of hydrogen-bond donors (Lipinski definition) is 10. The van der Waals surface area contributed by atoms with E-state index in [9.17, 15) is 52.7 Å². The van der Waals surface area contributed by atoms with Gasteiger partial charge in [0.1, 0.15) is 6.61 Å². The molecule has 1 aromatic rings. The first-order chi connectivity index (χ1) is 40.4. The Bertz CT molecular complexity index is 1880. The third kappa shape index (κ3) is 48.6. The van der Waals surface area contributed by atoms with Gasteiger partial charge in [0.15, 0.2) is 0 Å². The van der Waals surface area contributed by atoms with Gasteiger partial charge >= 0.3 is 29.8 Å². The van der Waals surface area contributed by atoms with E-state index >= 15 is 0 Å². The molecule has 10 N–H and O–H groups in total. The van der Waals surface area contributed by atoms with Gasteiger partial charge in [-0.1, -0.05) is 30.3 Å². The highest BCUT2D eigenvalue weighted by molar-refractivity contribution is 5.82. The summed E-state index contributed by atoms with van der Waals surface area (Å²) in [5.41, 5.74) is 0.816. The van der Waals surface area contributed by atoms with Crippen LogP contribution in [0.15, 0.2) is 30.3 Å². The molecule has 0 aromatic heterocycles. The number of carboxylic acids is 4. The van der Waals surface area contributed by atoms with Gasteiger partial charge in [-0.3, -0.25) is 67.4 Å². The maximum absolute atomic E-state index is 13.0. The first kappa shape index (κ1) is 75.0. The Balaban J connectivity index is 2.68. The minimum absolute atomic E-state index is 0.0341. The minimum Gasteiger partial charge on any atom is -0.481 e. The lowest BCUT2D eigenvalue weighted by atomic mass is 10.2. The van der Waals surface area contributed by atoms with E-state index in [1.807, 2.05) is 30.3 Å². The Kier molecular flexibility index (Phi) is 45.1. The fourth-order valence-corrected chi connectivity index (χ4v) is 6.88. The van der Waals surface area contributed by atoms with E-state index in [-0.39, 0.29) is 208 Å². The standard InChI is InChI=1S/C53H87N9O22/c63-43(6-10-49(69)70)54-14-26-78-32-20-60(21-33-79-27-15-55-44(64)7-11-50(71)72)38-47(67)58-18-30-82-36-24-62(40-53(77)84-41-42-4-2-1-3-5-42)25-37-83-31-19-59-48(68)39-61(22-34-80-28-16-56-45(65)8-12-51(73)74)23-35-81-29-17-57-46(66)9-13-52(75)76/h1-5H,6-41H2,(H,54,63)(H,55,64)(H,56,65)(H,57,66)(H,58,67)(H,59,68)(H,69,70)(H,71,72)(H,73,74)(H,75,76). The van der Waals surface area contributed by atoms with E-state index in [0.29, 0.717) is 39.3 Å². The number of carboxylic acid groups (broad SMARTS) is 4. The van der Waals surface area contributed by atoms with Crippen LogP contribution in [0.3, 0.4) is 0 Å². The zero-order chi connectivity index (χ0) is 61.8. The second kappa shape index (κ2) is 50.5. The predicted octanol–water partition coefficient (Wildman–Crippen LogP) is -3.11. The topological polar surface area (TPSA) is 415 Å². The zero-order valence-corrected chi connectivity index (χ0v) is 47.8.